The zero-order valence-corrected chi connectivity index (χ0v) is 7.60. The summed E-state index contributed by atoms with van der Waals surface area (Å²) in [5.41, 5.74) is 0.760. The molecular weight excluding hydrogens is 188 g/mol. The molecule has 0 saturated carbocycles. The van der Waals surface area contributed by atoms with Crippen molar-refractivity contribution >= 4 is 17.3 Å². The van der Waals surface area contributed by atoms with E-state index in [2.05, 4.69) is 11.8 Å². The Morgan fingerprint density at radius 2 is 2.38 bits per heavy atom. The average molecular weight is 196 g/mol. The van der Waals surface area contributed by atoms with Crippen LogP contribution in [-0.4, -0.2) is 22.8 Å². The molecule has 0 fully saturated rings. The first-order valence-corrected chi connectivity index (χ1v) is 4.49. The van der Waals surface area contributed by atoms with Crippen molar-refractivity contribution in [3.63, 3.8) is 0 Å². The minimum atomic E-state index is -0.844. The molecule has 0 aliphatic carbocycles. The van der Waals surface area contributed by atoms with Gasteiger partial charge in [0.05, 0.1) is 6.42 Å². The van der Waals surface area contributed by atoms with Crippen LogP contribution in [0.3, 0.4) is 0 Å². The van der Waals surface area contributed by atoms with E-state index < -0.39 is 5.97 Å². The first-order chi connectivity index (χ1) is 6.22. The van der Waals surface area contributed by atoms with Crippen LogP contribution in [0.2, 0.25) is 0 Å². The average Bonchev–Trinajstić information content (AvgIpc) is 2.48. The molecular formula is C9H8O3S. The van der Waals surface area contributed by atoms with Gasteiger partial charge in [-0.05, 0) is 6.07 Å². The van der Waals surface area contributed by atoms with Gasteiger partial charge >= 0.3 is 5.97 Å². The van der Waals surface area contributed by atoms with E-state index in [-0.39, 0.29) is 13.0 Å². The number of aliphatic carboxylic acids is 1. The molecule has 4 heteroatoms. The molecule has 0 aliphatic heterocycles. The maximum absolute atomic E-state index is 10.3. The molecule has 0 atom stereocenters. The molecule has 1 rings (SSSR count). The molecule has 13 heavy (non-hydrogen) atoms. The Labute approximate surface area is 79.6 Å². The van der Waals surface area contributed by atoms with E-state index in [1.807, 2.05) is 0 Å². The predicted molar refractivity (Wildman–Crippen MR) is 49.6 cm³/mol. The molecule has 1 aromatic rings. The SMILES string of the molecule is O=C(O)Cc1cc(C#CCO)cs1. The van der Waals surface area contributed by atoms with Gasteiger partial charge in [0, 0.05) is 15.8 Å². The summed E-state index contributed by atoms with van der Waals surface area (Å²) in [5, 5.41) is 18.7. The topological polar surface area (TPSA) is 57.5 Å². The first kappa shape index (κ1) is 9.78. The number of carboxylic acid groups (broad SMARTS) is 1. The minimum Gasteiger partial charge on any atom is -0.481 e. The number of thiophene rings is 1. The monoisotopic (exact) mass is 196 g/mol. The molecule has 0 saturated heterocycles. The van der Waals surface area contributed by atoms with Gasteiger partial charge in [0.2, 0.25) is 0 Å². The number of aliphatic hydroxyl groups is 1. The van der Waals surface area contributed by atoms with Gasteiger partial charge in [0.25, 0.3) is 0 Å². The van der Waals surface area contributed by atoms with E-state index in [1.54, 1.807) is 11.4 Å². The van der Waals surface area contributed by atoms with Crippen LogP contribution >= 0.6 is 11.3 Å². The predicted octanol–water partition coefficient (Wildman–Crippen LogP) is 0.719. The summed E-state index contributed by atoms with van der Waals surface area (Å²) >= 11 is 1.36. The largest absolute Gasteiger partial charge is 0.481 e. The lowest BCUT2D eigenvalue weighted by Gasteiger charge is -1.85. The van der Waals surface area contributed by atoms with Gasteiger partial charge in [0.1, 0.15) is 6.61 Å². The molecule has 0 aliphatic rings. The fraction of sp³-hybridized carbons (Fsp3) is 0.222. The normalized spacial score (nSPS) is 9.00. The third kappa shape index (κ3) is 3.28. The summed E-state index contributed by atoms with van der Waals surface area (Å²) in [4.78, 5) is 11.1. The molecule has 0 amide bonds. The van der Waals surface area contributed by atoms with Gasteiger partial charge in [0.15, 0.2) is 0 Å². The Balaban J connectivity index is 2.69. The van der Waals surface area contributed by atoms with Crippen LogP contribution in [-0.2, 0) is 11.2 Å². The van der Waals surface area contributed by atoms with Crippen LogP contribution in [0.1, 0.15) is 10.4 Å². The van der Waals surface area contributed by atoms with Crippen molar-refractivity contribution in [3.05, 3.63) is 21.9 Å². The van der Waals surface area contributed by atoms with Crippen LogP contribution in [0.25, 0.3) is 0 Å². The van der Waals surface area contributed by atoms with E-state index in [0.717, 1.165) is 10.4 Å². The molecule has 1 aromatic heterocycles. The summed E-state index contributed by atoms with van der Waals surface area (Å²) in [6.07, 6.45) is 0.0332. The summed E-state index contributed by atoms with van der Waals surface area (Å²) in [5.74, 6) is 4.36. The second-order valence-corrected chi connectivity index (χ2v) is 3.33. The zero-order valence-electron chi connectivity index (χ0n) is 6.78. The summed E-state index contributed by atoms with van der Waals surface area (Å²) in [6.45, 7) is -0.176. The van der Waals surface area contributed by atoms with Crippen LogP contribution in [0, 0.1) is 11.8 Å². The van der Waals surface area contributed by atoms with Crippen LogP contribution < -0.4 is 0 Å². The Bertz CT molecular complexity index is 356. The Morgan fingerprint density at radius 3 is 3.00 bits per heavy atom. The highest BCUT2D eigenvalue weighted by Gasteiger charge is 2.02. The quantitative estimate of drug-likeness (QED) is 0.685. The molecule has 0 aromatic carbocycles. The maximum atomic E-state index is 10.3. The van der Waals surface area contributed by atoms with Crippen molar-refractivity contribution in [2.45, 2.75) is 6.42 Å². The minimum absolute atomic E-state index is 0.0332. The van der Waals surface area contributed by atoms with Crippen molar-refractivity contribution in [2.24, 2.45) is 0 Å². The molecule has 1 heterocycles. The zero-order chi connectivity index (χ0) is 9.68. The Kier molecular flexibility index (Phi) is 3.50. The van der Waals surface area contributed by atoms with E-state index in [0.29, 0.717) is 0 Å². The number of hydrogen-bond donors (Lipinski definition) is 2. The van der Waals surface area contributed by atoms with Gasteiger partial charge < -0.3 is 10.2 Å². The molecule has 3 nitrogen and oxygen atoms in total. The summed E-state index contributed by atoms with van der Waals surface area (Å²) < 4.78 is 0. The molecule has 2 N–H and O–H groups in total. The lowest BCUT2D eigenvalue weighted by molar-refractivity contribution is -0.136. The van der Waals surface area contributed by atoms with E-state index in [9.17, 15) is 4.79 Å². The molecule has 0 bridgehead atoms. The van der Waals surface area contributed by atoms with Gasteiger partial charge in [-0.1, -0.05) is 11.8 Å². The standard InChI is InChI=1S/C9H8O3S/c10-3-1-2-7-4-8(13-6-7)5-9(11)12/h4,6,10H,3,5H2,(H,11,12). The van der Waals surface area contributed by atoms with Crippen LogP contribution in [0.5, 0.6) is 0 Å². The summed E-state index contributed by atoms with van der Waals surface area (Å²) in [6, 6.07) is 1.72. The maximum Gasteiger partial charge on any atom is 0.308 e. The van der Waals surface area contributed by atoms with Crippen LogP contribution in [0.15, 0.2) is 11.4 Å². The van der Waals surface area contributed by atoms with Crippen molar-refractivity contribution in [2.75, 3.05) is 6.61 Å². The van der Waals surface area contributed by atoms with E-state index in [4.69, 9.17) is 10.2 Å². The lowest BCUT2D eigenvalue weighted by Crippen LogP contribution is -1.97. The van der Waals surface area contributed by atoms with Crippen molar-refractivity contribution < 1.29 is 15.0 Å². The van der Waals surface area contributed by atoms with Crippen molar-refractivity contribution in [1.82, 2.24) is 0 Å². The highest BCUT2D eigenvalue weighted by Crippen LogP contribution is 2.14. The number of aliphatic hydroxyl groups excluding tert-OH is 1. The third-order valence-electron chi connectivity index (χ3n) is 1.29. The molecule has 0 radical (unpaired) electrons. The highest BCUT2D eigenvalue weighted by molar-refractivity contribution is 7.10. The second kappa shape index (κ2) is 4.65. The number of rotatable bonds is 2. The molecule has 0 spiro atoms. The van der Waals surface area contributed by atoms with Gasteiger partial charge in [-0.15, -0.1) is 11.3 Å². The van der Waals surface area contributed by atoms with Gasteiger partial charge in [-0.25, -0.2) is 0 Å². The third-order valence-corrected chi connectivity index (χ3v) is 2.23. The van der Waals surface area contributed by atoms with Gasteiger partial charge in [-0.2, -0.15) is 0 Å². The van der Waals surface area contributed by atoms with Crippen LogP contribution in [0.4, 0.5) is 0 Å². The summed E-state index contributed by atoms with van der Waals surface area (Å²) in [7, 11) is 0. The van der Waals surface area contributed by atoms with Crippen molar-refractivity contribution in [1.29, 1.82) is 0 Å². The number of carboxylic acids is 1. The molecule has 0 unspecified atom stereocenters. The highest BCUT2D eigenvalue weighted by atomic mass is 32.1. The number of hydrogen-bond acceptors (Lipinski definition) is 3. The molecule has 68 valence electrons. The van der Waals surface area contributed by atoms with Crippen molar-refractivity contribution in [3.8, 4) is 11.8 Å². The van der Waals surface area contributed by atoms with E-state index >= 15 is 0 Å². The Morgan fingerprint density at radius 1 is 1.62 bits per heavy atom. The first-order valence-electron chi connectivity index (χ1n) is 3.61. The van der Waals surface area contributed by atoms with Gasteiger partial charge in [-0.3, -0.25) is 4.79 Å². The smallest absolute Gasteiger partial charge is 0.308 e. The number of carbonyl (C=O) groups is 1. The Hall–Kier alpha value is -1.31. The fourth-order valence-electron chi connectivity index (χ4n) is 0.830. The fourth-order valence-corrected chi connectivity index (χ4v) is 1.64. The lowest BCUT2D eigenvalue weighted by atomic mass is 10.3. The second-order valence-electron chi connectivity index (χ2n) is 2.33. The van der Waals surface area contributed by atoms with E-state index in [1.165, 1.54) is 11.3 Å².